The molecule has 0 heterocycles. The van der Waals surface area contributed by atoms with Gasteiger partial charge in [-0.2, -0.15) is 0 Å². The fraction of sp³-hybridized carbons (Fsp3) is 0.538. The number of nitrogens with one attached hydrogen (secondary N) is 1. The Hall–Kier alpha value is -0.510. The molecule has 0 fully saturated rings. The van der Waals surface area contributed by atoms with E-state index in [1.165, 1.54) is 10.5 Å². The molecule has 0 aromatic heterocycles. The lowest BCUT2D eigenvalue weighted by molar-refractivity contribution is 0.469. The molecule has 0 saturated carbocycles. The maximum Gasteiger partial charge on any atom is 0.0223 e. The van der Waals surface area contributed by atoms with Gasteiger partial charge in [-0.15, -0.1) is 11.8 Å². The van der Waals surface area contributed by atoms with Gasteiger partial charge in [0.25, 0.3) is 0 Å². The van der Waals surface area contributed by atoms with Crippen molar-refractivity contribution in [2.45, 2.75) is 30.7 Å². The quantitative estimate of drug-likeness (QED) is 0.590. The van der Waals surface area contributed by atoms with Crippen LogP contribution in [0.2, 0.25) is 0 Å². The van der Waals surface area contributed by atoms with Gasteiger partial charge in [0.2, 0.25) is 0 Å². The summed E-state index contributed by atoms with van der Waals surface area (Å²) in [5, 5.41) is 3.37. The molecular weight excluding hydrogens is 216 g/mol. The molecule has 3 heteroatoms. The van der Waals surface area contributed by atoms with Gasteiger partial charge in [0, 0.05) is 17.0 Å². The first kappa shape index (κ1) is 13.6. The molecule has 0 aliphatic heterocycles. The molecule has 16 heavy (non-hydrogen) atoms. The molecule has 0 bridgehead atoms. The summed E-state index contributed by atoms with van der Waals surface area (Å²) in [6, 6.07) is 8.74. The number of benzene rings is 1. The number of hydrogen-bond acceptors (Lipinski definition) is 3. The third kappa shape index (κ3) is 5.54. The summed E-state index contributed by atoms with van der Waals surface area (Å²) in [6.45, 7) is 5.91. The Kier molecular flexibility index (Phi) is 5.32. The minimum Gasteiger partial charge on any atom is -0.324 e. The van der Waals surface area contributed by atoms with E-state index in [4.69, 9.17) is 5.73 Å². The van der Waals surface area contributed by atoms with E-state index < -0.39 is 0 Å². The van der Waals surface area contributed by atoms with E-state index in [9.17, 15) is 0 Å². The molecule has 2 nitrogen and oxygen atoms in total. The maximum absolute atomic E-state index is 5.89. The van der Waals surface area contributed by atoms with Crippen molar-refractivity contribution in [3.05, 3.63) is 29.8 Å². The minimum atomic E-state index is -0.122. The first-order chi connectivity index (χ1) is 7.51. The van der Waals surface area contributed by atoms with E-state index >= 15 is 0 Å². The molecule has 0 atom stereocenters. The van der Waals surface area contributed by atoms with Gasteiger partial charge < -0.3 is 11.1 Å². The molecule has 0 aliphatic carbocycles. The van der Waals surface area contributed by atoms with Crippen LogP contribution in [0.3, 0.4) is 0 Å². The highest BCUT2D eigenvalue weighted by Gasteiger charge is 2.08. The average Bonchev–Trinajstić information content (AvgIpc) is 2.24. The molecule has 0 radical (unpaired) electrons. The van der Waals surface area contributed by atoms with Crippen LogP contribution >= 0.6 is 11.8 Å². The van der Waals surface area contributed by atoms with Crippen LogP contribution in [-0.4, -0.2) is 24.9 Å². The maximum atomic E-state index is 5.89. The van der Waals surface area contributed by atoms with Crippen LogP contribution in [0.5, 0.6) is 0 Å². The van der Waals surface area contributed by atoms with Crippen molar-refractivity contribution >= 4 is 11.8 Å². The summed E-state index contributed by atoms with van der Waals surface area (Å²) in [5.41, 5.74) is 7.14. The van der Waals surface area contributed by atoms with Crippen LogP contribution in [0.15, 0.2) is 29.2 Å². The summed E-state index contributed by atoms with van der Waals surface area (Å²) < 4.78 is 0. The molecule has 0 spiro atoms. The van der Waals surface area contributed by atoms with Crippen LogP contribution in [0.4, 0.5) is 0 Å². The third-order valence-corrected chi connectivity index (χ3v) is 3.07. The van der Waals surface area contributed by atoms with Gasteiger partial charge in [-0.3, -0.25) is 0 Å². The molecule has 0 saturated heterocycles. The van der Waals surface area contributed by atoms with Gasteiger partial charge >= 0.3 is 0 Å². The summed E-state index contributed by atoms with van der Waals surface area (Å²) in [7, 11) is 0. The van der Waals surface area contributed by atoms with Crippen LogP contribution in [-0.2, 0) is 6.42 Å². The zero-order valence-corrected chi connectivity index (χ0v) is 11.2. The molecule has 90 valence electrons. The monoisotopic (exact) mass is 238 g/mol. The lowest BCUT2D eigenvalue weighted by atomic mass is 10.1. The Labute approximate surface area is 103 Å². The number of thioether (sulfide) groups is 1. The topological polar surface area (TPSA) is 38.0 Å². The van der Waals surface area contributed by atoms with Gasteiger partial charge in [0.15, 0.2) is 0 Å². The molecule has 0 amide bonds. The van der Waals surface area contributed by atoms with E-state index in [1.54, 1.807) is 11.8 Å². The summed E-state index contributed by atoms with van der Waals surface area (Å²) >= 11 is 1.78. The summed E-state index contributed by atoms with van der Waals surface area (Å²) in [6.07, 6.45) is 3.16. The predicted molar refractivity (Wildman–Crippen MR) is 73.1 cm³/mol. The molecule has 0 aliphatic rings. The second-order valence-corrected chi connectivity index (χ2v) is 5.64. The van der Waals surface area contributed by atoms with Crippen LogP contribution < -0.4 is 11.1 Å². The van der Waals surface area contributed by atoms with Gasteiger partial charge in [0.05, 0.1) is 0 Å². The Morgan fingerprint density at radius 3 is 2.38 bits per heavy atom. The summed E-state index contributed by atoms with van der Waals surface area (Å²) in [4.78, 5) is 1.32. The predicted octanol–water partition coefficient (Wildman–Crippen LogP) is 2.28. The molecule has 1 aromatic carbocycles. The molecular formula is C13H22N2S. The zero-order chi connectivity index (χ0) is 12.0. The van der Waals surface area contributed by atoms with Crippen LogP contribution in [0, 0.1) is 0 Å². The van der Waals surface area contributed by atoms with Crippen LogP contribution in [0.25, 0.3) is 0 Å². The van der Waals surface area contributed by atoms with E-state index in [0.29, 0.717) is 0 Å². The molecule has 1 rings (SSSR count). The molecule has 3 N–H and O–H groups in total. The number of rotatable bonds is 6. The second-order valence-electron chi connectivity index (χ2n) is 4.76. The van der Waals surface area contributed by atoms with Crippen molar-refractivity contribution in [2.75, 3.05) is 19.3 Å². The highest BCUT2D eigenvalue weighted by Crippen LogP contribution is 2.14. The fourth-order valence-corrected chi connectivity index (χ4v) is 1.84. The van der Waals surface area contributed by atoms with Crippen molar-refractivity contribution in [2.24, 2.45) is 5.73 Å². The summed E-state index contributed by atoms with van der Waals surface area (Å²) in [5.74, 6) is 0. The second kappa shape index (κ2) is 6.28. The Balaban J connectivity index is 2.27. The molecule has 0 unspecified atom stereocenters. The zero-order valence-electron chi connectivity index (χ0n) is 10.4. The largest absolute Gasteiger partial charge is 0.324 e. The highest BCUT2D eigenvalue weighted by atomic mass is 32.2. The first-order valence-corrected chi connectivity index (χ1v) is 6.86. The van der Waals surface area contributed by atoms with Gasteiger partial charge in [-0.25, -0.2) is 0 Å². The normalized spacial score (nSPS) is 11.8. The Bertz CT molecular complexity index is 301. The van der Waals surface area contributed by atoms with Crippen molar-refractivity contribution in [3.63, 3.8) is 0 Å². The highest BCUT2D eigenvalue weighted by molar-refractivity contribution is 7.98. The first-order valence-electron chi connectivity index (χ1n) is 5.64. The minimum absolute atomic E-state index is 0.122. The van der Waals surface area contributed by atoms with Gasteiger partial charge in [0.1, 0.15) is 0 Å². The lowest BCUT2D eigenvalue weighted by Gasteiger charge is -2.18. The van der Waals surface area contributed by atoms with E-state index in [0.717, 1.165) is 19.5 Å². The van der Waals surface area contributed by atoms with Crippen molar-refractivity contribution in [3.8, 4) is 0 Å². The third-order valence-electron chi connectivity index (χ3n) is 2.33. The standard InChI is InChI=1S/C13H22N2S/c1-13(2,14)10-15-9-8-11-4-6-12(16-3)7-5-11/h4-7,15H,8-10,14H2,1-3H3. The van der Waals surface area contributed by atoms with E-state index in [1.807, 2.05) is 13.8 Å². The fourth-order valence-electron chi connectivity index (χ4n) is 1.44. The van der Waals surface area contributed by atoms with Crippen molar-refractivity contribution < 1.29 is 0 Å². The molecule has 1 aromatic rings. The van der Waals surface area contributed by atoms with Crippen molar-refractivity contribution in [1.29, 1.82) is 0 Å². The lowest BCUT2D eigenvalue weighted by Crippen LogP contribution is -2.43. The number of hydrogen-bond donors (Lipinski definition) is 2. The van der Waals surface area contributed by atoms with Gasteiger partial charge in [-0.1, -0.05) is 12.1 Å². The van der Waals surface area contributed by atoms with Crippen LogP contribution in [0.1, 0.15) is 19.4 Å². The number of nitrogens with two attached hydrogens (primary N) is 1. The SMILES string of the molecule is CSc1ccc(CCNCC(C)(C)N)cc1. The Morgan fingerprint density at radius 2 is 1.88 bits per heavy atom. The Morgan fingerprint density at radius 1 is 1.25 bits per heavy atom. The average molecular weight is 238 g/mol. The van der Waals surface area contributed by atoms with Gasteiger partial charge in [-0.05, 0) is 50.8 Å². The van der Waals surface area contributed by atoms with E-state index in [2.05, 4.69) is 35.8 Å². The smallest absolute Gasteiger partial charge is 0.0223 e. The van der Waals surface area contributed by atoms with Crippen molar-refractivity contribution in [1.82, 2.24) is 5.32 Å². The van der Waals surface area contributed by atoms with E-state index in [-0.39, 0.29) is 5.54 Å².